The number of hydrogen-bond acceptors (Lipinski definition) is 9. The average molecular weight is 809 g/mol. The summed E-state index contributed by atoms with van der Waals surface area (Å²) in [6, 6.07) is 19.0. The fourth-order valence-electron chi connectivity index (χ4n) is 6.60. The van der Waals surface area contributed by atoms with E-state index in [0.29, 0.717) is 79.7 Å². The van der Waals surface area contributed by atoms with E-state index in [0.717, 1.165) is 5.56 Å². The van der Waals surface area contributed by atoms with Crippen molar-refractivity contribution in [2.24, 2.45) is 11.7 Å². The second-order valence-corrected chi connectivity index (χ2v) is 14.3. The fraction of sp³-hybridized carbons (Fsp3) is 0.390. The number of aliphatic carboxylic acids is 1. The number of alkyl halides is 3. The number of halogens is 3. The first-order valence-electron chi connectivity index (χ1n) is 18.8. The van der Waals surface area contributed by atoms with E-state index in [-0.39, 0.29) is 35.8 Å². The quantitative estimate of drug-likeness (QED) is 0.0965. The van der Waals surface area contributed by atoms with E-state index in [9.17, 15) is 41.9 Å². The predicted molar refractivity (Wildman–Crippen MR) is 207 cm³/mol. The highest BCUT2D eigenvalue weighted by molar-refractivity contribution is 6.30. The van der Waals surface area contributed by atoms with E-state index in [1.807, 2.05) is 44.2 Å². The van der Waals surface area contributed by atoms with Crippen molar-refractivity contribution < 1.29 is 51.8 Å². The summed E-state index contributed by atoms with van der Waals surface area (Å²) >= 11 is 0. The summed E-state index contributed by atoms with van der Waals surface area (Å²) in [7, 11) is 0. The van der Waals surface area contributed by atoms with Crippen LogP contribution in [0.2, 0.25) is 0 Å². The molecule has 5 rings (SSSR count). The molecule has 0 bridgehead atoms. The summed E-state index contributed by atoms with van der Waals surface area (Å²) in [5, 5.41) is 18.7. The van der Waals surface area contributed by atoms with Crippen LogP contribution in [0.25, 0.3) is 0 Å². The summed E-state index contributed by atoms with van der Waals surface area (Å²) in [6.45, 7) is 4.72. The molecule has 2 aliphatic rings. The Hall–Kier alpha value is -6.10. The van der Waals surface area contributed by atoms with Gasteiger partial charge in [0.05, 0.1) is 18.2 Å². The lowest BCUT2D eigenvalue weighted by Gasteiger charge is -2.25. The third kappa shape index (κ3) is 12.0. The third-order valence-electron chi connectivity index (χ3n) is 9.43. The number of carbonyl (C=O) groups is 7. The molecule has 1 aliphatic carbocycles. The molecule has 0 unspecified atom stereocenters. The molecule has 1 heterocycles. The van der Waals surface area contributed by atoms with Gasteiger partial charge in [-0.25, -0.2) is 4.79 Å². The molecular weight excluding hydrogens is 761 g/mol. The Bertz CT molecular complexity index is 1990. The Morgan fingerprint density at radius 1 is 0.845 bits per heavy atom. The van der Waals surface area contributed by atoms with Gasteiger partial charge in [-0.3, -0.25) is 28.8 Å². The number of nitrogens with one attached hydrogen (secondary N) is 4. The number of likely N-dealkylation sites (tertiary alicyclic amines) is 1. The molecular formula is C41H47F3N6O8. The van der Waals surface area contributed by atoms with Crippen molar-refractivity contribution in [3.63, 3.8) is 0 Å². The fourth-order valence-corrected chi connectivity index (χ4v) is 6.60. The van der Waals surface area contributed by atoms with Crippen LogP contribution in [-0.4, -0.2) is 102 Å². The van der Waals surface area contributed by atoms with Gasteiger partial charge in [0.2, 0.25) is 23.6 Å². The van der Waals surface area contributed by atoms with Crippen molar-refractivity contribution in [1.29, 1.82) is 0 Å². The number of amides is 4. The standard InChI is InChI=1S/C39H46N6O6.C2HF3O2/c1-24(2)21-31(44-37(49)29(40)22-25-11-4-3-5-12-25)38(50)43-23-33(46)45-20-9-17-32(45)39(51)42-19-10-18-41-30-16-8-15-28-34(30)36(48)27-14-7-6-13-26(27)35(28)47;3-2(4,5)1(6)7/h3-8,11-16,24,29,31-32,41H,9-10,17-23,40H2,1-2H3,(H,42,51)(H,43,50)(H,44,49);(H,6,7)/t29-,31-,32+;/m0./s1. The maximum Gasteiger partial charge on any atom is 0.490 e. The molecule has 7 N–H and O–H groups in total. The van der Waals surface area contributed by atoms with Gasteiger partial charge < -0.3 is 37.0 Å². The van der Waals surface area contributed by atoms with E-state index in [1.54, 1.807) is 42.5 Å². The molecule has 310 valence electrons. The molecule has 3 aromatic carbocycles. The summed E-state index contributed by atoms with van der Waals surface area (Å²) < 4.78 is 31.7. The smallest absolute Gasteiger partial charge is 0.475 e. The van der Waals surface area contributed by atoms with Crippen LogP contribution in [0.5, 0.6) is 0 Å². The first kappa shape index (κ1) is 44.6. The topological polar surface area (TPSA) is 217 Å². The molecule has 3 atom stereocenters. The highest BCUT2D eigenvalue weighted by atomic mass is 19.4. The number of carbonyl (C=O) groups excluding carboxylic acids is 6. The average Bonchev–Trinajstić information content (AvgIpc) is 3.69. The van der Waals surface area contributed by atoms with Gasteiger partial charge >= 0.3 is 12.1 Å². The van der Waals surface area contributed by atoms with Crippen LogP contribution >= 0.6 is 0 Å². The minimum absolute atomic E-state index is 0.0891. The number of benzene rings is 3. The van der Waals surface area contributed by atoms with Gasteiger partial charge in [0.1, 0.15) is 12.1 Å². The third-order valence-corrected chi connectivity index (χ3v) is 9.43. The summed E-state index contributed by atoms with van der Waals surface area (Å²) in [4.78, 5) is 88.9. The summed E-state index contributed by atoms with van der Waals surface area (Å²) in [6.07, 6.45) is -2.71. The first-order valence-corrected chi connectivity index (χ1v) is 18.8. The number of hydrogen-bond donors (Lipinski definition) is 6. The zero-order chi connectivity index (χ0) is 42.6. The van der Waals surface area contributed by atoms with Gasteiger partial charge in [-0.1, -0.05) is 80.6 Å². The highest BCUT2D eigenvalue weighted by Crippen LogP contribution is 2.32. The van der Waals surface area contributed by atoms with E-state index in [2.05, 4.69) is 21.3 Å². The highest BCUT2D eigenvalue weighted by Gasteiger charge is 2.38. The van der Waals surface area contributed by atoms with Crippen LogP contribution in [-0.2, 0) is 30.4 Å². The zero-order valence-corrected chi connectivity index (χ0v) is 32.1. The molecule has 3 aromatic rings. The summed E-state index contributed by atoms with van der Waals surface area (Å²) in [5.41, 5.74) is 9.10. The lowest BCUT2D eigenvalue weighted by Crippen LogP contribution is -2.54. The predicted octanol–water partition coefficient (Wildman–Crippen LogP) is 3.22. The molecule has 1 saturated heterocycles. The first-order chi connectivity index (χ1) is 27.5. The van der Waals surface area contributed by atoms with Gasteiger partial charge in [0, 0.05) is 42.0 Å². The van der Waals surface area contributed by atoms with Gasteiger partial charge in [0.15, 0.2) is 11.6 Å². The Labute approximate surface area is 333 Å². The molecule has 0 spiro atoms. The lowest BCUT2D eigenvalue weighted by molar-refractivity contribution is -0.192. The number of nitrogens with two attached hydrogens (primary N) is 1. The molecule has 58 heavy (non-hydrogen) atoms. The van der Waals surface area contributed by atoms with E-state index < -0.39 is 42.1 Å². The van der Waals surface area contributed by atoms with Crippen molar-refractivity contribution in [2.75, 3.05) is 31.5 Å². The van der Waals surface area contributed by atoms with E-state index in [1.165, 1.54) is 4.90 Å². The van der Waals surface area contributed by atoms with Gasteiger partial charge in [-0.15, -0.1) is 0 Å². The molecule has 17 heteroatoms. The number of carboxylic acid groups (broad SMARTS) is 1. The molecule has 4 amide bonds. The van der Waals surface area contributed by atoms with Crippen molar-refractivity contribution in [1.82, 2.24) is 20.9 Å². The van der Waals surface area contributed by atoms with E-state index in [4.69, 9.17) is 15.6 Å². The van der Waals surface area contributed by atoms with Crippen LogP contribution in [0.1, 0.15) is 76.9 Å². The van der Waals surface area contributed by atoms with Crippen molar-refractivity contribution in [3.8, 4) is 0 Å². The Balaban J connectivity index is 0.000000973. The Morgan fingerprint density at radius 2 is 1.47 bits per heavy atom. The second-order valence-electron chi connectivity index (χ2n) is 14.3. The monoisotopic (exact) mass is 808 g/mol. The number of nitrogens with zero attached hydrogens (tertiary/aromatic N) is 1. The maximum atomic E-state index is 13.2. The SMILES string of the molecule is CC(C)C[C@H](NC(=O)[C@@H](N)Cc1ccccc1)C(=O)NCC(=O)N1CCC[C@@H]1C(=O)NCCCNc1cccc2c1C(=O)c1ccccc1C2=O.O=C(O)C(F)(F)F. The van der Waals surface area contributed by atoms with Crippen molar-refractivity contribution >= 4 is 46.9 Å². The van der Waals surface area contributed by atoms with Crippen LogP contribution < -0.4 is 27.0 Å². The van der Waals surface area contributed by atoms with Gasteiger partial charge in [-0.2, -0.15) is 13.2 Å². The zero-order valence-electron chi connectivity index (χ0n) is 32.1. The molecule has 0 radical (unpaired) electrons. The molecule has 1 aliphatic heterocycles. The second kappa shape index (κ2) is 20.4. The minimum atomic E-state index is -5.08. The van der Waals surface area contributed by atoms with Crippen LogP contribution in [0.4, 0.5) is 18.9 Å². The number of rotatable bonds is 15. The number of carboxylic acids is 1. The van der Waals surface area contributed by atoms with Gasteiger partial charge in [-0.05, 0) is 49.7 Å². The van der Waals surface area contributed by atoms with Crippen molar-refractivity contribution in [3.05, 3.63) is 101 Å². The normalized spacial score (nSPS) is 15.6. The van der Waals surface area contributed by atoms with Crippen LogP contribution in [0.15, 0.2) is 72.8 Å². The van der Waals surface area contributed by atoms with Crippen LogP contribution in [0.3, 0.4) is 0 Å². The van der Waals surface area contributed by atoms with Crippen LogP contribution in [0, 0.1) is 5.92 Å². The Morgan fingerprint density at radius 3 is 2.10 bits per heavy atom. The summed E-state index contributed by atoms with van der Waals surface area (Å²) in [5.74, 6) is -4.66. The minimum Gasteiger partial charge on any atom is -0.475 e. The number of anilines is 1. The Kier molecular flexibility index (Phi) is 15.7. The van der Waals surface area contributed by atoms with E-state index >= 15 is 0 Å². The molecule has 1 fully saturated rings. The lowest BCUT2D eigenvalue weighted by atomic mass is 9.83. The molecule has 0 aromatic heterocycles. The number of fused-ring (bicyclic) bond motifs is 2. The largest absolute Gasteiger partial charge is 0.490 e. The van der Waals surface area contributed by atoms with Gasteiger partial charge in [0.25, 0.3) is 0 Å². The molecule has 14 nitrogen and oxygen atoms in total. The molecule has 0 saturated carbocycles. The maximum absolute atomic E-state index is 13.2. The van der Waals surface area contributed by atoms with Crippen molar-refractivity contribution in [2.45, 2.75) is 70.3 Å². The number of ketones is 2.